The standard InChI is InChI=1S/C16H23NO4/c1-5-17(15(20)21-16(2,3)4)13(14(18)19)11-12-9-7-6-8-10-12/h6-10,13H,5,11H2,1-4H3,(H,18,19). The second kappa shape index (κ2) is 7.11. The Bertz CT molecular complexity index is 479. The third kappa shape index (κ3) is 5.45. The fourth-order valence-electron chi connectivity index (χ4n) is 1.97. The van der Waals surface area contributed by atoms with E-state index in [1.807, 2.05) is 30.3 Å². The Morgan fingerprint density at radius 2 is 1.81 bits per heavy atom. The van der Waals surface area contributed by atoms with E-state index in [9.17, 15) is 14.7 Å². The van der Waals surface area contributed by atoms with Crippen molar-refractivity contribution in [2.75, 3.05) is 6.54 Å². The lowest BCUT2D eigenvalue weighted by molar-refractivity contribution is -0.143. The van der Waals surface area contributed by atoms with Crippen LogP contribution in [0.5, 0.6) is 0 Å². The first-order valence-electron chi connectivity index (χ1n) is 7.01. The van der Waals surface area contributed by atoms with E-state index < -0.39 is 23.7 Å². The number of amides is 1. The molecule has 5 heteroatoms. The highest BCUT2D eigenvalue weighted by Gasteiger charge is 2.31. The minimum atomic E-state index is -1.04. The average Bonchev–Trinajstić information content (AvgIpc) is 2.37. The maximum absolute atomic E-state index is 12.2. The van der Waals surface area contributed by atoms with E-state index in [1.54, 1.807) is 27.7 Å². The summed E-state index contributed by atoms with van der Waals surface area (Å²) in [6, 6.07) is 8.31. The summed E-state index contributed by atoms with van der Waals surface area (Å²) >= 11 is 0. The van der Waals surface area contributed by atoms with Crippen molar-refractivity contribution in [1.29, 1.82) is 0 Å². The molecular weight excluding hydrogens is 270 g/mol. The van der Waals surface area contributed by atoms with E-state index >= 15 is 0 Å². The second-order valence-corrected chi connectivity index (χ2v) is 5.81. The number of carbonyl (C=O) groups is 2. The minimum Gasteiger partial charge on any atom is -0.480 e. The van der Waals surface area contributed by atoms with E-state index in [0.717, 1.165) is 5.56 Å². The van der Waals surface area contributed by atoms with Crippen molar-refractivity contribution < 1.29 is 19.4 Å². The summed E-state index contributed by atoms with van der Waals surface area (Å²) in [5.41, 5.74) is 0.215. The zero-order valence-electron chi connectivity index (χ0n) is 13.0. The summed E-state index contributed by atoms with van der Waals surface area (Å²) in [4.78, 5) is 24.9. The molecule has 1 unspecified atom stereocenters. The molecule has 0 aliphatic heterocycles. The SMILES string of the molecule is CCN(C(=O)OC(C)(C)C)C(Cc1ccccc1)C(=O)O. The average molecular weight is 293 g/mol. The molecule has 1 aromatic rings. The molecule has 5 nitrogen and oxygen atoms in total. The van der Waals surface area contributed by atoms with Crippen LogP contribution in [0, 0.1) is 0 Å². The molecule has 0 aromatic heterocycles. The van der Waals surface area contributed by atoms with Crippen LogP contribution in [-0.2, 0) is 16.0 Å². The number of hydrogen-bond acceptors (Lipinski definition) is 3. The lowest BCUT2D eigenvalue weighted by Gasteiger charge is -2.30. The molecule has 0 saturated heterocycles. The van der Waals surface area contributed by atoms with Gasteiger partial charge in [-0.05, 0) is 33.3 Å². The highest BCUT2D eigenvalue weighted by molar-refractivity contribution is 5.80. The van der Waals surface area contributed by atoms with E-state index in [0.29, 0.717) is 0 Å². The molecule has 0 radical (unpaired) electrons. The predicted octanol–water partition coefficient (Wildman–Crippen LogP) is 2.94. The smallest absolute Gasteiger partial charge is 0.411 e. The maximum atomic E-state index is 12.2. The number of carboxylic acids is 1. The van der Waals surface area contributed by atoms with Crippen LogP contribution in [0.4, 0.5) is 4.79 Å². The number of carboxylic acid groups (broad SMARTS) is 1. The molecule has 1 aromatic carbocycles. The highest BCUT2D eigenvalue weighted by atomic mass is 16.6. The summed E-state index contributed by atoms with van der Waals surface area (Å²) in [6.45, 7) is 7.28. The van der Waals surface area contributed by atoms with Crippen LogP contribution in [0.15, 0.2) is 30.3 Å². The lowest BCUT2D eigenvalue weighted by Crippen LogP contribution is -2.48. The van der Waals surface area contributed by atoms with Crippen molar-refractivity contribution in [2.24, 2.45) is 0 Å². The van der Waals surface area contributed by atoms with E-state index in [2.05, 4.69) is 0 Å². The largest absolute Gasteiger partial charge is 0.480 e. The zero-order chi connectivity index (χ0) is 16.0. The van der Waals surface area contributed by atoms with Gasteiger partial charge in [0.2, 0.25) is 0 Å². The quantitative estimate of drug-likeness (QED) is 0.906. The number of carbonyl (C=O) groups excluding carboxylic acids is 1. The highest BCUT2D eigenvalue weighted by Crippen LogP contribution is 2.15. The van der Waals surface area contributed by atoms with E-state index in [-0.39, 0.29) is 13.0 Å². The predicted molar refractivity (Wildman–Crippen MR) is 80.2 cm³/mol. The molecule has 21 heavy (non-hydrogen) atoms. The fourth-order valence-corrected chi connectivity index (χ4v) is 1.97. The molecule has 0 saturated carbocycles. The van der Waals surface area contributed by atoms with Crippen LogP contribution < -0.4 is 0 Å². The van der Waals surface area contributed by atoms with Crippen molar-refractivity contribution in [3.8, 4) is 0 Å². The molecule has 1 rings (SSSR count). The normalized spacial score (nSPS) is 12.6. The molecule has 116 valence electrons. The van der Waals surface area contributed by atoms with Gasteiger partial charge in [-0.3, -0.25) is 4.90 Å². The Hall–Kier alpha value is -2.04. The van der Waals surface area contributed by atoms with Crippen LogP contribution in [0.25, 0.3) is 0 Å². The molecule has 0 bridgehead atoms. The lowest BCUT2D eigenvalue weighted by atomic mass is 10.0. The molecular formula is C16H23NO4. The van der Waals surface area contributed by atoms with Gasteiger partial charge in [-0.15, -0.1) is 0 Å². The van der Waals surface area contributed by atoms with E-state index in [4.69, 9.17) is 4.74 Å². The summed E-state index contributed by atoms with van der Waals surface area (Å²) in [5.74, 6) is -1.04. The Morgan fingerprint density at radius 1 is 1.24 bits per heavy atom. The van der Waals surface area contributed by atoms with Gasteiger partial charge in [0.1, 0.15) is 11.6 Å². The first-order valence-corrected chi connectivity index (χ1v) is 7.01. The number of hydrogen-bond donors (Lipinski definition) is 1. The Labute approximate surface area is 125 Å². The molecule has 1 atom stereocenters. The van der Waals surface area contributed by atoms with Crippen LogP contribution in [-0.4, -0.2) is 40.3 Å². The van der Waals surface area contributed by atoms with Gasteiger partial charge in [0, 0.05) is 13.0 Å². The van der Waals surface area contributed by atoms with Crippen molar-refractivity contribution in [3.05, 3.63) is 35.9 Å². The molecule has 0 fully saturated rings. The van der Waals surface area contributed by atoms with Gasteiger partial charge >= 0.3 is 12.1 Å². The third-order valence-corrected chi connectivity index (χ3v) is 2.90. The minimum absolute atomic E-state index is 0.253. The first kappa shape index (κ1) is 17.0. The molecule has 0 aliphatic rings. The molecule has 0 aliphatic carbocycles. The summed E-state index contributed by atoms with van der Waals surface area (Å²) in [7, 11) is 0. The van der Waals surface area contributed by atoms with Gasteiger partial charge < -0.3 is 9.84 Å². The van der Waals surface area contributed by atoms with Crippen LogP contribution in [0.1, 0.15) is 33.3 Å². The Kier molecular flexibility index (Phi) is 5.76. The Balaban J connectivity index is 2.91. The maximum Gasteiger partial charge on any atom is 0.411 e. The molecule has 1 amide bonds. The summed E-state index contributed by atoms with van der Waals surface area (Å²) in [6.07, 6.45) is -0.350. The van der Waals surface area contributed by atoms with Gasteiger partial charge in [-0.2, -0.15) is 0 Å². The number of benzene rings is 1. The Morgan fingerprint density at radius 3 is 2.24 bits per heavy atom. The number of nitrogens with zero attached hydrogens (tertiary/aromatic N) is 1. The van der Waals surface area contributed by atoms with Gasteiger partial charge in [0.15, 0.2) is 0 Å². The number of rotatable bonds is 5. The second-order valence-electron chi connectivity index (χ2n) is 5.81. The molecule has 1 N–H and O–H groups in total. The van der Waals surface area contributed by atoms with Crippen molar-refractivity contribution in [3.63, 3.8) is 0 Å². The topological polar surface area (TPSA) is 66.8 Å². The first-order chi connectivity index (χ1) is 9.74. The van der Waals surface area contributed by atoms with Gasteiger partial charge in [-0.1, -0.05) is 30.3 Å². The molecule has 0 spiro atoms. The van der Waals surface area contributed by atoms with Crippen molar-refractivity contribution in [2.45, 2.75) is 45.8 Å². The number of likely N-dealkylation sites (N-methyl/N-ethyl adjacent to an activating group) is 1. The number of aliphatic carboxylic acids is 1. The van der Waals surface area contributed by atoms with Crippen LogP contribution in [0.3, 0.4) is 0 Å². The van der Waals surface area contributed by atoms with Gasteiger partial charge in [-0.25, -0.2) is 9.59 Å². The monoisotopic (exact) mass is 293 g/mol. The third-order valence-electron chi connectivity index (χ3n) is 2.90. The van der Waals surface area contributed by atoms with Crippen molar-refractivity contribution >= 4 is 12.1 Å². The summed E-state index contributed by atoms with van der Waals surface area (Å²) < 4.78 is 5.28. The van der Waals surface area contributed by atoms with Gasteiger partial charge in [0.05, 0.1) is 0 Å². The number of ether oxygens (including phenoxy) is 1. The fraction of sp³-hybridized carbons (Fsp3) is 0.500. The molecule has 0 heterocycles. The van der Waals surface area contributed by atoms with Gasteiger partial charge in [0.25, 0.3) is 0 Å². The van der Waals surface area contributed by atoms with Crippen LogP contribution >= 0.6 is 0 Å². The van der Waals surface area contributed by atoms with E-state index in [1.165, 1.54) is 4.90 Å². The zero-order valence-corrected chi connectivity index (χ0v) is 13.0. The van der Waals surface area contributed by atoms with Crippen LogP contribution in [0.2, 0.25) is 0 Å². The summed E-state index contributed by atoms with van der Waals surface area (Å²) in [5, 5.41) is 9.43. The van der Waals surface area contributed by atoms with Crippen molar-refractivity contribution in [1.82, 2.24) is 4.90 Å².